The Hall–Kier alpha value is -1.91. The predicted molar refractivity (Wildman–Crippen MR) is 78.4 cm³/mol. The van der Waals surface area contributed by atoms with Crippen molar-refractivity contribution in [3.63, 3.8) is 0 Å². The molecule has 0 saturated heterocycles. The molecule has 5 nitrogen and oxygen atoms in total. The van der Waals surface area contributed by atoms with Crippen LogP contribution in [0.4, 0.5) is 11.4 Å². The SMILES string of the molecule is CCCNC(=O)CCNc1ccc(N)c(OCC)c1. The molecule has 0 aromatic heterocycles. The molecule has 0 fully saturated rings. The van der Waals surface area contributed by atoms with E-state index in [1.807, 2.05) is 26.0 Å². The zero-order chi connectivity index (χ0) is 14.1. The molecule has 0 unspecified atom stereocenters. The molecule has 0 radical (unpaired) electrons. The Morgan fingerprint density at radius 2 is 2.11 bits per heavy atom. The zero-order valence-electron chi connectivity index (χ0n) is 11.7. The van der Waals surface area contributed by atoms with Gasteiger partial charge in [-0.15, -0.1) is 0 Å². The first-order valence-electron chi connectivity index (χ1n) is 6.70. The Morgan fingerprint density at radius 1 is 1.32 bits per heavy atom. The lowest BCUT2D eigenvalue weighted by Gasteiger charge is -2.11. The lowest BCUT2D eigenvalue weighted by atomic mass is 10.2. The molecule has 0 aliphatic heterocycles. The van der Waals surface area contributed by atoms with Gasteiger partial charge in [0.25, 0.3) is 0 Å². The first kappa shape index (κ1) is 15.1. The smallest absolute Gasteiger partial charge is 0.221 e. The van der Waals surface area contributed by atoms with E-state index in [4.69, 9.17) is 10.5 Å². The van der Waals surface area contributed by atoms with Crippen molar-refractivity contribution in [2.24, 2.45) is 0 Å². The number of hydrogen-bond donors (Lipinski definition) is 3. The van der Waals surface area contributed by atoms with Crippen LogP contribution in [0.2, 0.25) is 0 Å². The molecule has 0 aliphatic carbocycles. The molecule has 1 rings (SSSR count). The highest BCUT2D eigenvalue weighted by atomic mass is 16.5. The van der Waals surface area contributed by atoms with Gasteiger partial charge in [-0.05, 0) is 25.5 Å². The van der Waals surface area contributed by atoms with Crippen LogP contribution in [0.15, 0.2) is 18.2 Å². The predicted octanol–water partition coefficient (Wildman–Crippen LogP) is 2.00. The first-order valence-corrected chi connectivity index (χ1v) is 6.70. The molecule has 19 heavy (non-hydrogen) atoms. The molecule has 4 N–H and O–H groups in total. The minimum absolute atomic E-state index is 0.0647. The van der Waals surface area contributed by atoms with E-state index >= 15 is 0 Å². The Kier molecular flexibility index (Phi) is 6.57. The molecule has 0 atom stereocenters. The molecule has 1 aromatic rings. The fourth-order valence-corrected chi connectivity index (χ4v) is 1.60. The Labute approximate surface area is 114 Å². The number of carbonyl (C=O) groups excluding carboxylic acids is 1. The number of nitrogens with one attached hydrogen (secondary N) is 2. The minimum atomic E-state index is 0.0647. The highest BCUT2D eigenvalue weighted by Crippen LogP contribution is 2.25. The van der Waals surface area contributed by atoms with Gasteiger partial charge in [0.05, 0.1) is 12.3 Å². The summed E-state index contributed by atoms with van der Waals surface area (Å²) >= 11 is 0. The second-order valence-corrected chi connectivity index (χ2v) is 4.21. The van der Waals surface area contributed by atoms with Crippen LogP contribution in [0.25, 0.3) is 0 Å². The number of carbonyl (C=O) groups is 1. The topological polar surface area (TPSA) is 76.4 Å². The quantitative estimate of drug-likeness (QED) is 0.628. The van der Waals surface area contributed by atoms with Crippen LogP contribution >= 0.6 is 0 Å². The van der Waals surface area contributed by atoms with Crippen LogP contribution in [0.3, 0.4) is 0 Å². The van der Waals surface area contributed by atoms with Gasteiger partial charge in [-0.25, -0.2) is 0 Å². The van der Waals surface area contributed by atoms with Crippen molar-refractivity contribution in [3.8, 4) is 5.75 Å². The summed E-state index contributed by atoms with van der Waals surface area (Å²) in [7, 11) is 0. The molecule has 0 bridgehead atoms. The second-order valence-electron chi connectivity index (χ2n) is 4.21. The van der Waals surface area contributed by atoms with Gasteiger partial charge in [0, 0.05) is 31.3 Å². The minimum Gasteiger partial charge on any atom is -0.492 e. The van der Waals surface area contributed by atoms with Gasteiger partial charge in [0.15, 0.2) is 0 Å². The van der Waals surface area contributed by atoms with Gasteiger partial charge in [-0.3, -0.25) is 4.79 Å². The van der Waals surface area contributed by atoms with E-state index in [1.165, 1.54) is 0 Å². The van der Waals surface area contributed by atoms with Gasteiger partial charge < -0.3 is 21.1 Å². The zero-order valence-corrected chi connectivity index (χ0v) is 11.7. The fraction of sp³-hybridized carbons (Fsp3) is 0.500. The van der Waals surface area contributed by atoms with Crippen molar-refractivity contribution >= 4 is 17.3 Å². The Morgan fingerprint density at radius 3 is 2.79 bits per heavy atom. The third kappa shape index (κ3) is 5.50. The van der Waals surface area contributed by atoms with Crippen LogP contribution in [-0.4, -0.2) is 25.6 Å². The average molecular weight is 265 g/mol. The highest BCUT2D eigenvalue weighted by molar-refractivity contribution is 5.76. The average Bonchev–Trinajstić information content (AvgIpc) is 2.40. The maximum atomic E-state index is 11.4. The molecule has 0 aliphatic rings. The first-order chi connectivity index (χ1) is 9.17. The van der Waals surface area contributed by atoms with Gasteiger partial charge in [0.2, 0.25) is 5.91 Å². The summed E-state index contributed by atoms with van der Waals surface area (Å²) in [6.45, 7) is 5.84. The monoisotopic (exact) mass is 265 g/mol. The lowest BCUT2D eigenvalue weighted by Crippen LogP contribution is -2.25. The van der Waals surface area contributed by atoms with Crippen molar-refractivity contribution in [2.75, 3.05) is 30.7 Å². The maximum Gasteiger partial charge on any atom is 0.221 e. The van der Waals surface area contributed by atoms with Gasteiger partial charge in [0.1, 0.15) is 5.75 Å². The van der Waals surface area contributed by atoms with Gasteiger partial charge in [-0.1, -0.05) is 6.92 Å². The number of nitrogen functional groups attached to an aromatic ring is 1. The Bertz CT molecular complexity index is 408. The van der Waals surface area contributed by atoms with E-state index in [-0.39, 0.29) is 5.91 Å². The van der Waals surface area contributed by atoms with Gasteiger partial charge in [-0.2, -0.15) is 0 Å². The number of rotatable bonds is 8. The molecule has 5 heteroatoms. The second kappa shape index (κ2) is 8.24. The molecule has 106 valence electrons. The van der Waals surface area contributed by atoms with E-state index in [0.29, 0.717) is 31.0 Å². The Balaban J connectivity index is 2.40. The molecular weight excluding hydrogens is 242 g/mol. The molecule has 0 spiro atoms. The molecule has 0 heterocycles. The highest BCUT2D eigenvalue weighted by Gasteiger charge is 2.03. The van der Waals surface area contributed by atoms with Crippen molar-refractivity contribution in [2.45, 2.75) is 26.7 Å². The summed E-state index contributed by atoms with van der Waals surface area (Å²) < 4.78 is 5.41. The summed E-state index contributed by atoms with van der Waals surface area (Å²) in [5.74, 6) is 0.734. The van der Waals surface area contributed by atoms with E-state index in [0.717, 1.165) is 18.7 Å². The molecule has 1 aromatic carbocycles. The number of hydrogen-bond acceptors (Lipinski definition) is 4. The summed E-state index contributed by atoms with van der Waals surface area (Å²) in [6, 6.07) is 5.52. The van der Waals surface area contributed by atoms with Crippen LogP contribution in [0.5, 0.6) is 5.75 Å². The molecular formula is C14H23N3O2. The standard InChI is InChI=1S/C14H23N3O2/c1-3-8-17-14(18)7-9-16-11-5-6-12(15)13(10-11)19-4-2/h5-6,10,16H,3-4,7-9,15H2,1-2H3,(H,17,18). The van der Waals surface area contributed by atoms with E-state index in [9.17, 15) is 4.79 Å². The third-order valence-corrected chi connectivity index (χ3v) is 2.57. The van der Waals surface area contributed by atoms with Crippen molar-refractivity contribution in [3.05, 3.63) is 18.2 Å². The third-order valence-electron chi connectivity index (χ3n) is 2.57. The summed E-state index contributed by atoms with van der Waals surface area (Å²) in [6.07, 6.45) is 1.41. The van der Waals surface area contributed by atoms with Crippen LogP contribution in [0.1, 0.15) is 26.7 Å². The summed E-state index contributed by atoms with van der Waals surface area (Å²) in [5, 5.41) is 6.02. The molecule has 1 amide bonds. The van der Waals surface area contributed by atoms with Crippen molar-refractivity contribution < 1.29 is 9.53 Å². The summed E-state index contributed by atoms with van der Waals surface area (Å²) in [5.41, 5.74) is 7.31. The number of amides is 1. The van der Waals surface area contributed by atoms with Crippen LogP contribution in [-0.2, 0) is 4.79 Å². The van der Waals surface area contributed by atoms with Crippen LogP contribution in [0, 0.1) is 0 Å². The van der Waals surface area contributed by atoms with E-state index < -0.39 is 0 Å². The van der Waals surface area contributed by atoms with Crippen molar-refractivity contribution in [1.29, 1.82) is 0 Å². The number of anilines is 2. The van der Waals surface area contributed by atoms with E-state index in [1.54, 1.807) is 6.07 Å². The van der Waals surface area contributed by atoms with E-state index in [2.05, 4.69) is 10.6 Å². The van der Waals surface area contributed by atoms with Crippen LogP contribution < -0.4 is 21.1 Å². The fourth-order valence-electron chi connectivity index (χ4n) is 1.60. The summed E-state index contributed by atoms with van der Waals surface area (Å²) in [4.78, 5) is 11.4. The van der Waals surface area contributed by atoms with Crippen molar-refractivity contribution in [1.82, 2.24) is 5.32 Å². The normalized spacial score (nSPS) is 10.0. The molecule has 0 saturated carbocycles. The number of ether oxygens (including phenoxy) is 1. The number of nitrogens with two attached hydrogens (primary N) is 1. The maximum absolute atomic E-state index is 11.4. The lowest BCUT2D eigenvalue weighted by molar-refractivity contribution is -0.120. The number of benzene rings is 1. The van der Waals surface area contributed by atoms with Gasteiger partial charge >= 0.3 is 0 Å². The largest absolute Gasteiger partial charge is 0.492 e.